The van der Waals surface area contributed by atoms with Gasteiger partial charge in [-0.25, -0.2) is 0 Å². The number of allylic oxidation sites excluding steroid dienone is 12. The van der Waals surface area contributed by atoms with Gasteiger partial charge in [-0.3, -0.25) is 14.2 Å². The molecule has 2 unspecified atom stereocenters. The average Bonchev–Trinajstić information content (AvgIpc) is 3.12. The number of aliphatic hydroxyl groups is 1. The Morgan fingerprint density at radius 3 is 1.98 bits per heavy atom. The van der Waals surface area contributed by atoms with Crippen molar-refractivity contribution >= 4 is 19.8 Å². The van der Waals surface area contributed by atoms with Crippen molar-refractivity contribution in [1.82, 2.24) is 0 Å². The molecule has 11 heteroatoms. The van der Waals surface area contributed by atoms with Crippen LogP contribution in [0.15, 0.2) is 85.1 Å². The maximum Gasteiger partial charge on any atom is 0.306 e. The number of carbonyl (C=O) groups excluding carboxylic acids is 2. The van der Waals surface area contributed by atoms with Gasteiger partial charge in [0.25, 0.3) is 7.82 Å². The number of hydrogen-bond acceptors (Lipinski definition) is 9. The van der Waals surface area contributed by atoms with Crippen molar-refractivity contribution in [3.8, 4) is 0 Å². The molecule has 0 bridgehead atoms. The van der Waals surface area contributed by atoms with Crippen LogP contribution in [0.25, 0.3) is 0 Å². The van der Waals surface area contributed by atoms with Gasteiger partial charge < -0.3 is 33.0 Å². The zero-order chi connectivity index (χ0) is 40.9. The standard InChI is InChI=1S/C44H74NO9P/c1-6-8-10-12-14-16-18-19-21-22-24-26-29-33-41(46)34-30-28-32-35-43(47)51-39-42(40-53-55(49,50)52-38-37-45(3,4)5)54-44(48)36-31-27-25-23-20-17-15-13-11-9-7-2/h8,10,13-16,19,21,24,26,28-30,33,41-42,46H,6-7,9,11-12,17-18,20,22-23,25,27,31-32,34-40H2,1-5H3/b10-8-,15-13-,16-14-,21-19-,26-24-,30-28-,33-29-/t41?,42-/m1/s1. The van der Waals surface area contributed by atoms with Crippen LogP contribution >= 0.6 is 7.82 Å². The molecule has 0 spiro atoms. The molecule has 0 aliphatic carbocycles. The first-order valence-corrected chi connectivity index (χ1v) is 21.9. The maximum absolute atomic E-state index is 12.6. The number of hydrogen-bond donors (Lipinski definition) is 1. The van der Waals surface area contributed by atoms with E-state index in [4.69, 9.17) is 18.5 Å². The molecule has 0 saturated heterocycles. The average molecular weight is 792 g/mol. The Bertz CT molecular complexity index is 1230. The van der Waals surface area contributed by atoms with Gasteiger partial charge in [-0.1, -0.05) is 131 Å². The van der Waals surface area contributed by atoms with Crippen LogP contribution < -0.4 is 4.89 Å². The van der Waals surface area contributed by atoms with Crippen LogP contribution in [-0.4, -0.2) is 81.2 Å². The second kappa shape index (κ2) is 35.6. The number of carbonyl (C=O) groups is 2. The van der Waals surface area contributed by atoms with Crippen molar-refractivity contribution in [2.75, 3.05) is 47.5 Å². The highest BCUT2D eigenvalue weighted by Crippen LogP contribution is 2.38. The van der Waals surface area contributed by atoms with Gasteiger partial charge in [0.1, 0.15) is 19.8 Å². The van der Waals surface area contributed by atoms with E-state index >= 15 is 0 Å². The topological polar surface area (TPSA) is 131 Å². The number of quaternary nitrogens is 1. The van der Waals surface area contributed by atoms with Gasteiger partial charge in [-0.2, -0.15) is 0 Å². The first-order chi connectivity index (χ1) is 26.4. The van der Waals surface area contributed by atoms with Crippen molar-refractivity contribution in [2.45, 2.75) is 135 Å². The van der Waals surface area contributed by atoms with Crippen molar-refractivity contribution < 1.29 is 47.2 Å². The van der Waals surface area contributed by atoms with E-state index in [1.165, 1.54) is 12.8 Å². The number of likely N-dealkylation sites (N-methyl/N-ethyl adjacent to an activating group) is 1. The summed E-state index contributed by atoms with van der Waals surface area (Å²) < 4.78 is 33.6. The van der Waals surface area contributed by atoms with Crippen LogP contribution in [0.1, 0.15) is 123 Å². The molecule has 0 aromatic rings. The molecule has 1 N–H and O–H groups in total. The summed E-state index contributed by atoms with van der Waals surface area (Å²) in [5.41, 5.74) is 0. The highest BCUT2D eigenvalue weighted by atomic mass is 31.2. The molecule has 0 heterocycles. The second-order valence-corrected chi connectivity index (χ2v) is 15.9. The lowest BCUT2D eigenvalue weighted by Gasteiger charge is -2.28. The fourth-order valence-electron chi connectivity index (χ4n) is 4.74. The predicted molar refractivity (Wildman–Crippen MR) is 223 cm³/mol. The van der Waals surface area contributed by atoms with Crippen LogP contribution in [0, 0.1) is 0 Å². The molecule has 10 nitrogen and oxygen atoms in total. The third-order valence-corrected chi connectivity index (χ3v) is 8.96. The minimum Gasteiger partial charge on any atom is -0.756 e. The third-order valence-electron chi connectivity index (χ3n) is 7.99. The van der Waals surface area contributed by atoms with Gasteiger partial charge in [0, 0.05) is 12.8 Å². The predicted octanol–water partition coefficient (Wildman–Crippen LogP) is 9.58. The molecule has 0 aliphatic rings. The van der Waals surface area contributed by atoms with E-state index in [-0.39, 0.29) is 26.1 Å². The number of unbranched alkanes of at least 4 members (excludes halogenated alkanes) is 7. The Hall–Kier alpha value is -2.85. The molecule has 0 radical (unpaired) electrons. The molecule has 0 saturated carbocycles. The Morgan fingerprint density at radius 2 is 1.31 bits per heavy atom. The van der Waals surface area contributed by atoms with E-state index in [9.17, 15) is 24.2 Å². The Labute approximate surface area is 333 Å². The number of esters is 2. The smallest absolute Gasteiger partial charge is 0.306 e. The van der Waals surface area contributed by atoms with Crippen molar-refractivity contribution in [1.29, 1.82) is 0 Å². The van der Waals surface area contributed by atoms with E-state index in [0.717, 1.165) is 64.2 Å². The highest BCUT2D eigenvalue weighted by molar-refractivity contribution is 7.45. The van der Waals surface area contributed by atoms with Crippen LogP contribution in [-0.2, 0) is 32.7 Å². The zero-order valence-electron chi connectivity index (χ0n) is 34.7. The molecule has 55 heavy (non-hydrogen) atoms. The normalized spacial score (nSPS) is 15.1. The number of ether oxygens (including phenoxy) is 2. The summed E-state index contributed by atoms with van der Waals surface area (Å²) in [6.07, 6.45) is 40.8. The lowest BCUT2D eigenvalue weighted by atomic mass is 10.1. The molecular weight excluding hydrogens is 717 g/mol. The van der Waals surface area contributed by atoms with Gasteiger partial charge in [0.2, 0.25) is 0 Å². The molecule has 3 atom stereocenters. The van der Waals surface area contributed by atoms with Gasteiger partial charge >= 0.3 is 11.9 Å². The summed E-state index contributed by atoms with van der Waals surface area (Å²) in [4.78, 5) is 37.4. The summed E-state index contributed by atoms with van der Waals surface area (Å²) in [5.74, 6) is -1.04. The van der Waals surface area contributed by atoms with Crippen LogP contribution in [0.5, 0.6) is 0 Å². The number of phosphoric acid groups is 1. The molecule has 314 valence electrons. The molecule has 0 fully saturated rings. The second-order valence-electron chi connectivity index (χ2n) is 14.5. The largest absolute Gasteiger partial charge is 0.756 e. The highest BCUT2D eigenvalue weighted by Gasteiger charge is 2.21. The summed E-state index contributed by atoms with van der Waals surface area (Å²) in [6, 6.07) is 0. The Morgan fingerprint density at radius 1 is 0.691 bits per heavy atom. The van der Waals surface area contributed by atoms with Gasteiger partial charge in [0.05, 0.1) is 33.9 Å². The molecule has 0 aromatic carbocycles. The van der Waals surface area contributed by atoms with Crippen molar-refractivity contribution in [2.24, 2.45) is 0 Å². The Kier molecular flexibility index (Phi) is 33.7. The van der Waals surface area contributed by atoms with E-state index in [1.54, 1.807) is 18.2 Å². The summed E-state index contributed by atoms with van der Waals surface area (Å²) in [5, 5.41) is 10.2. The lowest BCUT2D eigenvalue weighted by Crippen LogP contribution is -2.37. The fraction of sp³-hybridized carbons (Fsp3) is 0.636. The van der Waals surface area contributed by atoms with Crippen molar-refractivity contribution in [3.05, 3.63) is 85.1 Å². The first-order valence-electron chi connectivity index (χ1n) is 20.4. The van der Waals surface area contributed by atoms with Crippen LogP contribution in [0.2, 0.25) is 0 Å². The zero-order valence-corrected chi connectivity index (χ0v) is 35.6. The molecular formula is C44H74NO9P. The number of phosphoric ester groups is 1. The monoisotopic (exact) mass is 792 g/mol. The molecule has 0 rings (SSSR count). The van der Waals surface area contributed by atoms with E-state index < -0.39 is 38.6 Å². The van der Waals surface area contributed by atoms with E-state index in [1.807, 2.05) is 39.4 Å². The van der Waals surface area contributed by atoms with Crippen LogP contribution in [0.4, 0.5) is 0 Å². The number of nitrogens with zero attached hydrogens (tertiary/aromatic N) is 1. The minimum atomic E-state index is -4.67. The van der Waals surface area contributed by atoms with Crippen LogP contribution in [0.3, 0.4) is 0 Å². The van der Waals surface area contributed by atoms with Gasteiger partial charge in [0.15, 0.2) is 6.10 Å². The maximum atomic E-state index is 12.6. The SMILES string of the molecule is CC/C=C\C/C=C\C/C=C\C/C=C\C=C/C(O)C/C=C\CCC(=O)OC[C@H](COP(=O)([O-])OCC[N+](C)(C)C)OC(=O)CCCCCCC/C=C\CCCC. The number of aliphatic hydroxyl groups excluding tert-OH is 1. The number of rotatable bonds is 35. The third kappa shape index (κ3) is 39.2. The fourth-order valence-corrected chi connectivity index (χ4v) is 5.47. The molecule has 0 aromatic heterocycles. The van der Waals surface area contributed by atoms with E-state index in [0.29, 0.717) is 30.3 Å². The molecule has 0 amide bonds. The Balaban J connectivity index is 4.63. The molecule has 0 aliphatic heterocycles. The van der Waals surface area contributed by atoms with Gasteiger partial charge in [-0.15, -0.1) is 0 Å². The first kappa shape index (κ1) is 52.2. The van der Waals surface area contributed by atoms with Crippen molar-refractivity contribution in [3.63, 3.8) is 0 Å². The minimum absolute atomic E-state index is 0.0641. The summed E-state index contributed by atoms with van der Waals surface area (Å²) in [6.45, 7) is 3.82. The van der Waals surface area contributed by atoms with Gasteiger partial charge in [-0.05, 0) is 64.2 Å². The lowest BCUT2D eigenvalue weighted by molar-refractivity contribution is -0.870. The van der Waals surface area contributed by atoms with E-state index in [2.05, 4.69) is 62.5 Å². The summed E-state index contributed by atoms with van der Waals surface area (Å²) >= 11 is 0. The quantitative estimate of drug-likeness (QED) is 0.0167. The summed E-state index contributed by atoms with van der Waals surface area (Å²) in [7, 11) is 1.05.